The van der Waals surface area contributed by atoms with Gasteiger partial charge in [0.1, 0.15) is 5.01 Å². The molecule has 2 aromatic heterocycles. The third kappa shape index (κ3) is 4.25. The number of methoxy groups -OCH3 is 1. The summed E-state index contributed by atoms with van der Waals surface area (Å²) in [6.07, 6.45) is 0.889. The molecule has 2 heterocycles. The van der Waals surface area contributed by atoms with E-state index in [-0.39, 0.29) is 11.9 Å². The summed E-state index contributed by atoms with van der Waals surface area (Å²) in [4.78, 5) is 23.8. The van der Waals surface area contributed by atoms with Crippen molar-refractivity contribution in [2.75, 3.05) is 12.4 Å². The molecule has 3 rings (SSSR count). The lowest BCUT2D eigenvalue weighted by Crippen LogP contribution is -2.12. The number of carbonyl (C=O) groups is 2. The standard InChI is InChI=1S/C19H21N5O3S/c1-11-16(9-10-17(25)27-4)12(2)24(23-11)15-7-5-14(6-8-15)18(26)20-19-22-21-13(3)28-19/h5-8H,9-10H2,1-4H3,(H,20,22,26). The fourth-order valence-corrected chi connectivity index (χ4v) is 3.47. The van der Waals surface area contributed by atoms with Crippen LogP contribution in [-0.4, -0.2) is 39.0 Å². The maximum atomic E-state index is 12.3. The molecular formula is C19H21N5O3S. The number of aromatic nitrogens is 4. The van der Waals surface area contributed by atoms with Crippen LogP contribution in [-0.2, 0) is 16.0 Å². The van der Waals surface area contributed by atoms with Crippen LogP contribution in [0.1, 0.15) is 38.7 Å². The molecule has 3 aromatic rings. The molecule has 0 saturated carbocycles. The summed E-state index contributed by atoms with van der Waals surface area (Å²) in [7, 11) is 1.38. The highest BCUT2D eigenvalue weighted by Gasteiger charge is 2.15. The lowest BCUT2D eigenvalue weighted by atomic mass is 10.1. The van der Waals surface area contributed by atoms with Crippen molar-refractivity contribution in [3.8, 4) is 5.69 Å². The largest absolute Gasteiger partial charge is 0.469 e. The second kappa shape index (κ2) is 8.30. The van der Waals surface area contributed by atoms with Gasteiger partial charge >= 0.3 is 5.97 Å². The summed E-state index contributed by atoms with van der Waals surface area (Å²) in [5.74, 6) is -0.484. The van der Waals surface area contributed by atoms with Gasteiger partial charge in [-0.05, 0) is 57.0 Å². The molecule has 0 saturated heterocycles. The van der Waals surface area contributed by atoms with Crippen LogP contribution in [0.25, 0.3) is 5.69 Å². The molecule has 0 atom stereocenters. The van der Waals surface area contributed by atoms with Gasteiger partial charge in [-0.3, -0.25) is 14.9 Å². The Morgan fingerprint density at radius 3 is 2.46 bits per heavy atom. The van der Waals surface area contributed by atoms with Crippen LogP contribution in [0.4, 0.5) is 5.13 Å². The first-order valence-corrected chi connectivity index (χ1v) is 9.54. The molecule has 0 aliphatic heterocycles. The molecule has 0 unspecified atom stereocenters. The molecule has 0 aliphatic rings. The van der Waals surface area contributed by atoms with Gasteiger partial charge in [-0.1, -0.05) is 11.3 Å². The van der Waals surface area contributed by atoms with Crippen LogP contribution in [0.3, 0.4) is 0 Å². The zero-order chi connectivity index (χ0) is 20.3. The number of rotatable bonds is 6. The number of amides is 1. The average molecular weight is 399 g/mol. The highest BCUT2D eigenvalue weighted by Crippen LogP contribution is 2.21. The van der Waals surface area contributed by atoms with E-state index in [9.17, 15) is 9.59 Å². The van der Waals surface area contributed by atoms with Crippen molar-refractivity contribution in [2.45, 2.75) is 33.6 Å². The number of hydrogen-bond donors (Lipinski definition) is 1. The van der Waals surface area contributed by atoms with Crippen LogP contribution in [0.15, 0.2) is 24.3 Å². The number of nitrogens with one attached hydrogen (secondary N) is 1. The number of anilines is 1. The smallest absolute Gasteiger partial charge is 0.305 e. The first kappa shape index (κ1) is 19.7. The van der Waals surface area contributed by atoms with E-state index in [0.717, 1.165) is 27.6 Å². The van der Waals surface area contributed by atoms with Crippen molar-refractivity contribution in [3.63, 3.8) is 0 Å². The molecule has 1 aromatic carbocycles. The number of aryl methyl sites for hydroxylation is 2. The molecule has 146 valence electrons. The van der Waals surface area contributed by atoms with Crippen molar-refractivity contribution >= 4 is 28.3 Å². The number of benzene rings is 1. The monoisotopic (exact) mass is 399 g/mol. The summed E-state index contributed by atoms with van der Waals surface area (Å²) >= 11 is 1.32. The topological polar surface area (TPSA) is 99.0 Å². The van der Waals surface area contributed by atoms with E-state index in [4.69, 9.17) is 4.74 Å². The fourth-order valence-electron chi connectivity index (χ4n) is 2.89. The first-order chi connectivity index (χ1) is 13.4. The number of hydrogen-bond acceptors (Lipinski definition) is 7. The van der Waals surface area contributed by atoms with Crippen molar-refractivity contribution in [1.29, 1.82) is 0 Å². The number of carbonyl (C=O) groups excluding carboxylic acids is 2. The Labute approximate surface area is 166 Å². The minimum atomic E-state index is -0.243. The Kier molecular flexibility index (Phi) is 5.84. The Balaban J connectivity index is 1.76. The van der Waals surface area contributed by atoms with Crippen molar-refractivity contribution < 1.29 is 14.3 Å². The summed E-state index contributed by atoms with van der Waals surface area (Å²) < 4.78 is 6.53. The van der Waals surface area contributed by atoms with Crippen LogP contribution in [0.2, 0.25) is 0 Å². The molecule has 0 spiro atoms. The van der Waals surface area contributed by atoms with Gasteiger partial charge in [0.2, 0.25) is 5.13 Å². The maximum Gasteiger partial charge on any atom is 0.305 e. The van der Waals surface area contributed by atoms with Crippen molar-refractivity contribution in [3.05, 3.63) is 51.8 Å². The van der Waals surface area contributed by atoms with E-state index in [1.165, 1.54) is 18.4 Å². The molecule has 0 fully saturated rings. The van der Waals surface area contributed by atoms with Crippen LogP contribution in [0, 0.1) is 20.8 Å². The van der Waals surface area contributed by atoms with Gasteiger partial charge in [0, 0.05) is 17.7 Å². The Hall–Kier alpha value is -3.07. The Morgan fingerprint density at radius 1 is 1.14 bits per heavy atom. The van der Waals surface area contributed by atoms with Crippen molar-refractivity contribution in [2.24, 2.45) is 0 Å². The van der Waals surface area contributed by atoms with Crippen molar-refractivity contribution in [1.82, 2.24) is 20.0 Å². The summed E-state index contributed by atoms with van der Waals surface area (Å²) in [6, 6.07) is 7.15. The Bertz CT molecular complexity index is 1010. The summed E-state index contributed by atoms with van der Waals surface area (Å²) in [6.45, 7) is 5.71. The third-order valence-electron chi connectivity index (χ3n) is 4.37. The molecule has 0 bridgehead atoms. The zero-order valence-electron chi connectivity index (χ0n) is 16.1. The van der Waals surface area contributed by atoms with Gasteiger partial charge in [-0.2, -0.15) is 5.10 Å². The predicted molar refractivity (Wildman–Crippen MR) is 106 cm³/mol. The summed E-state index contributed by atoms with van der Waals surface area (Å²) in [5, 5.41) is 16.4. The highest BCUT2D eigenvalue weighted by molar-refractivity contribution is 7.15. The second-order valence-electron chi connectivity index (χ2n) is 6.26. The lowest BCUT2D eigenvalue weighted by Gasteiger charge is -2.07. The lowest BCUT2D eigenvalue weighted by molar-refractivity contribution is -0.140. The SMILES string of the molecule is COC(=O)CCc1c(C)nn(-c2ccc(C(=O)Nc3nnc(C)s3)cc2)c1C. The highest BCUT2D eigenvalue weighted by atomic mass is 32.1. The van der Waals surface area contributed by atoms with E-state index in [1.54, 1.807) is 12.1 Å². The van der Waals surface area contributed by atoms with Crippen LogP contribution >= 0.6 is 11.3 Å². The number of esters is 1. The van der Waals surface area contributed by atoms with Gasteiger partial charge in [-0.15, -0.1) is 10.2 Å². The predicted octanol–water partition coefficient (Wildman–Crippen LogP) is 3.01. The zero-order valence-corrected chi connectivity index (χ0v) is 17.0. The molecule has 28 heavy (non-hydrogen) atoms. The molecule has 0 radical (unpaired) electrons. The maximum absolute atomic E-state index is 12.3. The first-order valence-electron chi connectivity index (χ1n) is 8.73. The van der Waals surface area contributed by atoms with Gasteiger partial charge < -0.3 is 4.74 Å². The number of ether oxygens (including phenoxy) is 1. The molecule has 8 nitrogen and oxygen atoms in total. The fraction of sp³-hybridized carbons (Fsp3) is 0.316. The van der Waals surface area contributed by atoms with Crippen LogP contribution < -0.4 is 5.32 Å². The molecule has 1 amide bonds. The average Bonchev–Trinajstić information content (AvgIpc) is 3.22. The minimum Gasteiger partial charge on any atom is -0.469 e. The number of nitrogens with zero attached hydrogens (tertiary/aromatic N) is 4. The van der Waals surface area contributed by atoms with E-state index in [2.05, 4.69) is 20.6 Å². The molecular weight excluding hydrogens is 378 g/mol. The van der Waals surface area contributed by atoms with E-state index >= 15 is 0 Å². The van der Waals surface area contributed by atoms with Gasteiger partial charge in [0.15, 0.2) is 0 Å². The normalized spacial score (nSPS) is 10.7. The quantitative estimate of drug-likeness (QED) is 0.640. The van der Waals surface area contributed by atoms with E-state index in [1.807, 2.05) is 37.6 Å². The van der Waals surface area contributed by atoms with Gasteiger partial charge in [0.25, 0.3) is 5.91 Å². The summed E-state index contributed by atoms with van der Waals surface area (Å²) in [5.41, 5.74) is 4.22. The van der Waals surface area contributed by atoms with Gasteiger partial charge in [0.05, 0.1) is 18.5 Å². The Morgan fingerprint density at radius 2 is 1.86 bits per heavy atom. The second-order valence-corrected chi connectivity index (χ2v) is 7.45. The minimum absolute atomic E-state index is 0.241. The van der Waals surface area contributed by atoms with E-state index < -0.39 is 0 Å². The third-order valence-corrected chi connectivity index (χ3v) is 5.12. The molecule has 0 aliphatic carbocycles. The molecule has 1 N–H and O–H groups in total. The van der Waals surface area contributed by atoms with E-state index in [0.29, 0.717) is 23.5 Å². The van der Waals surface area contributed by atoms with Gasteiger partial charge in [-0.25, -0.2) is 4.68 Å². The molecule has 9 heteroatoms. The van der Waals surface area contributed by atoms with Crippen LogP contribution in [0.5, 0.6) is 0 Å².